The van der Waals surface area contributed by atoms with Gasteiger partial charge in [0.05, 0.1) is 11.7 Å². The third-order valence-electron chi connectivity index (χ3n) is 7.81. The predicted octanol–water partition coefficient (Wildman–Crippen LogP) is 6.42. The topological polar surface area (TPSA) is 56.4 Å². The normalized spacial score (nSPS) is 18.1. The maximum Gasteiger partial charge on any atom is 0.255 e. The quantitative estimate of drug-likeness (QED) is 0.338. The Morgan fingerprint density at radius 3 is 2.35 bits per heavy atom. The van der Waals surface area contributed by atoms with Crippen LogP contribution in [0.15, 0.2) is 78.9 Å². The standard InChI is InChI=1S/C32H33N3O2/c1-21(2)20-27(32(37)34-18-10-11-19-34)35-30(23-14-6-7-15-24(23)31(35)36)28-25-16-8-9-17-26(25)33-29(28)22-12-4-3-5-13-22/h3-9,12-17,21,27,30,33H,10-11,18-20H2,1-2H3. The number of aromatic nitrogens is 1. The first-order chi connectivity index (χ1) is 18.0. The number of carbonyl (C=O) groups excluding carboxylic acids is 2. The van der Waals surface area contributed by atoms with Gasteiger partial charge in [-0.15, -0.1) is 0 Å². The Bertz CT molecular complexity index is 1450. The summed E-state index contributed by atoms with van der Waals surface area (Å²) in [6.07, 6.45) is 2.69. The van der Waals surface area contributed by atoms with Gasteiger partial charge in [-0.05, 0) is 48.4 Å². The number of amides is 2. The van der Waals surface area contributed by atoms with Crippen LogP contribution >= 0.6 is 0 Å². The third-order valence-corrected chi connectivity index (χ3v) is 7.81. The van der Waals surface area contributed by atoms with E-state index in [0.717, 1.165) is 59.2 Å². The molecular weight excluding hydrogens is 458 g/mol. The number of hydrogen-bond acceptors (Lipinski definition) is 2. The van der Waals surface area contributed by atoms with Crippen molar-refractivity contribution < 1.29 is 9.59 Å². The highest BCUT2D eigenvalue weighted by molar-refractivity contribution is 6.04. The van der Waals surface area contributed by atoms with Crippen molar-refractivity contribution >= 4 is 22.7 Å². The molecule has 0 saturated carbocycles. The van der Waals surface area contributed by atoms with Crippen molar-refractivity contribution in [3.05, 3.63) is 95.6 Å². The van der Waals surface area contributed by atoms with Gasteiger partial charge >= 0.3 is 0 Å². The summed E-state index contributed by atoms with van der Waals surface area (Å²) in [5.74, 6) is 0.298. The van der Waals surface area contributed by atoms with Gasteiger partial charge < -0.3 is 14.8 Å². The van der Waals surface area contributed by atoms with Gasteiger partial charge in [-0.3, -0.25) is 9.59 Å². The molecule has 188 valence electrons. The molecule has 1 aromatic heterocycles. The lowest BCUT2D eigenvalue weighted by Gasteiger charge is -2.36. The highest BCUT2D eigenvalue weighted by Crippen LogP contribution is 2.47. The molecule has 2 aliphatic heterocycles. The molecule has 2 amide bonds. The zero-order valence-corrected chi connectivity index (χ0v) is 21.5. The summed E-state index contributed by atoms with van der Waals surface area (Å²) < 4.78 is 0. The van der Waals surface area contributed by atoms with Crippen molar-refractivity contribution in [1.82, 2.24) is 14.8 Å². The van der Waals surface area contributed by atoms with Crippen molar-refractivity contribution in [3.8, 4) is 11.3 Å². The minimum atomic E-state index is -0.514. The Labute approximate surface area is 218 Å². The van der Waals surface area contributed by atoms with Gasteiger partial charge in [-0.25, -0.2) is 0 Å². The Balaban J connectivity index is 1.59. The highest BCUT2D eigenvalue weighted by atomic mass is 16.2. The van der Waals surface area contributed by atoms with Gasteiger partial charge in [0.25, 0.3) is 5.91 Å². The Morgan fingerprint density at radius 1 is 0.919 bits per heavy atom. The van der Waals surface area contributed by atoms with Crippen molar-refractivity contribution in [2.75, 3.05) is 13.1 Å². The first-order valence-electron chi connectivity index (χ1n) is 13.4. The van der Waals surface area contributed by atoms with Crippen LogP contribution in [-0.2, 0) is 4.79 Å². The third kappa shape index (κ3) is 4.03. The second-order valence-corrected chi connectivity index (χ2v) is 10.7. The van der Waals surface area contributed by atoms with E-state index in [0.29, 0.717) is 12.0 Å². The number of carbonyl (C=O) groups is 2. The van der Waals surface area contributed by atoms with E-state index < -0.39 is 6.04 Å². The second kappa shape index (κ2) is 9.55. The van der Waals surface area contributed by atoms with Gasteiger partial charge in [0.2, 0.25) is 5.91 Å². The average molecular weight is 492 g/mol. The number of hydrogen-bond donors (Lipinski definition) is 1. The van der Waals surface area contributed by atoms with E-state index in [4.69, 9.17) is 0 Å². The van der Waals surface area contributed by atoms with E-state index in [-0.39, 0.29) is 23.8 Å². The molecular formula is C32H33N3O2. The highest BCUT2D eigenvalue weighted by Gasteiger charge is 2.46. The SMILES string of the molecule is CC(C)CC(C(=O)N1CCCC1)N1C(=O)c2ccccc2C1c1c(-c2ccccc2)[nH]c2ccccc12. The molecule has 5 nitrogen and oxygen atoms in total. The molecule has 0 aliphatic carbocycles. The maximum absolute atomic E-state index is 14.2. The molecule has 0 radical (unpaired) electrons. The number of rotatable bonds is 6. The Morgan fingerprint density at radius 2 is 1.59 bits per heavy atom. The largest absolute Gasteiger partial charge is 0.354 e. The summed E-state index contributed by atoms with van der Waals surface area (Å²) >= 11 is 0. The summed E-state index contributed by atoms with van der Waals surface area (Å²) in [6.45, 7) is 5.81. The minimum absolute atomic E-state index is 0.0527. The number of likely N-dealkylation sites (tertiary alicyclic amines) is 1. The van der Waals surface area contributed by atoms with Crippen LogP contribution in [0.4, 0.5) is 0 Å². The van der Waals surface area contributed by atoms with E-state index >= 15 is 0 Å². The molecule has 6 rings (SSSR count). The number of nitrogens with zero attached hydrogens (tertiary/aromatic N) is 2. The Kier molecular flexibility index (Phi) is 6.07. The molecule has 1 N–H and O–H groups in total. The van der Waals surface area contributed by atoms with Crippen LogP contribution in [-0.4, -0.2) is 45.7 Å². The predicted molar refractivity (Wildman–Crippen MR) is 147 cm³/mol. The zero-order chi connectivity index (χ0) is 25.5. The van der Waals surface area contributed by atoms with Gasteiger partial charge in [-0.1, -0.05) is 80.6 Å². The van der Waals surface area contributed by atoms with E-state index in [1.807, 2.05) is 58.3 Å². The molecule has 5 heteroatoms. The summed E-state index contributed by atoms with van der Waals surface area (Å²) in [6, 6.07) is 25.6. The number of fused-ring (bicyclic) bond motifs is 2. The number of para-hydroxylation sites is 1. The molecule has 2 atom stereocenters. The molecule has 37 heavy (non-hydrogen) atoms. The van der Waals surface area contributed by atoms with Crippen LogP contribution in [0.3, 0.4) is 0 Å². The van der Waals surface area contributed by atoms with Gasteiger partial charge in [0.15, 0.2) is 0 Å². The van der Waals surface area contributed by atoms with E-state index in [1.165, 1.54) is 0 Å². The Hall–Kier alpha value is -3.86. The van der Waals surface area contributed by atoms with Crippen LogP contribution in [0.25, 0.3) is 22.2 Å². The molecule has 0 bridgehead atoms. The lowest BCUT2D eigenvalue weighted by Crippen LogP contribution is -2.50. The fourth-order valence-corrected chi connectivity index (χ4v) is 6.16. The molecule has 2 unspecified atom stereocenters. The summed E-state index contributed by atoms with van der Waals surface area (Å²) in [5, 5.41) is 1.08. The molecule has 1 saturated heterocycles. The summed E-state index contributed by atoms with van der Waals surface area (Å²) in [7, 11) is 0. The number of benzene rings is 3. The molecule has 3 heterocycles. The van der Waals surface area contributed by atoms with Gasteiger partial charge in [0.1, 0.15) is 6.04 Å². The fourth-order valence-electron chi connectivity index (χ4n) is 6.16. The number of nitrogens with one attached hydrogen (secondary N) is 1. The molecule has 3 aromatic carbocycles. The lowest BCUT2D eigenvalue weighted by atomic mass is 9.91. The van der Waals surface area contributed by atoms with E-state index in [1.54, 1.807) is 0 Å². The summed E-state index contributed by atoms with van der Waals surface area (Å²) in [4.78, 5) is 35.7. The molecule has 1 fully saturated rings. The minimum Gasteiger partial charge on any atom is -0.354 e. The summed E-state index contributed by atoms with van der Waals surface area (Å²) in [5.41, 5.74) is 5.81. The van der Waals surface area contributed by atoms with Crippen molar-refractivity contribution in [2.24, 2.45) is 5.92 Å². The van der Waals surface area contributed by atoms with Crippen LogP contribution in [0.5, 0.6) is 0 Å². The van der Waals surface area contributed by atoms with Crippen LogP contribution in [0, 0.1) is 5.92 Å². The fraction of sp³-hybridized carbons (Fsp3) is 0.312. The number of H-pyrrole nitrogens is 1. The first-order valence-corrected chi connectivity index (χ1v) is 13.4. The molecule has 0 spiro atoms. The lowest BCUT2D eigenvalue weighted by molar-refractivity contribution is -0.136. The van der Waals surface area contributed by atoms with Crippen LogP contribution in [0.1, 0.15) is 60.6 Å². The smallest absolute Gasteiger partial charge is 0.255 e. The van der Waals surface area contributed by atoms with Crippen molar-refractivity contribution in [1.29, 1.82) is 0 Å². The molecule has 4 aromatic rings. The first kappa shape index (κ1) is 23.5. The van der Waals surface area contributed by atoms with E-state index in [2.05, 4.69) is 49.2 Å². The van der Waals surface area contributed by atoms with Crippen molar-refractivity contribution in [3.63, 3.8) is 0 Å². The van der Waals surface area contributed by atoms with Gasteiger partial charge in [-0.2, -0.15) is 0 Å². The second-order valence-electron chi connectivity index (χ2n) is 10.7. The van der Waals surface area contributed by atoms with E-state index in [9.17, 15) is 9.59 Å². The van der Waals surface area contributed by atoms with Gasteiger partial charge in [0, 0.05) is 35.1 Å². The average Bonchev–Trinajstić information content (AvgIpc) is 3.64. The van der Waals surface area contributed by atoms with Crippen molar-refractivity contribution in [2.45, 2.75) is 45.2 Å². The monoisotopic (exact) mass is 491 g/mol. The zero-order valence-electron chi connectivity index (χ0n) is 21.5. The molecule has 2 aliphatic rings. The van der Waals surface area contributed by atoms with Crippen LogP contribution in [0.2, 0.25) is 0 Å². The maximum atomic E-state index is 14.2. The number of aromatic amines is 1. The van der Waals surface area contributed by atoms with Crippen LogP contribution < -0.4 is 0 Å².